The summed E-state index contributed by atoms with van der Waals surface area (Å²) in [6.07, 6.45) is 1.72. The van der Waals surface area contributed by atoms with Crippen LogP contribution in [0.3, 0.4) is 0 Å². The minimum Gasteiger partial charge on any atom is -0.211 e. The van der Waals surface area contributed by atoms with E-state index in [1.54, 1.807) is 30.3 Å². The zero-order valence-corrected chi connectivity index (χ0v) is 10.4. The van der Waals surface area contributed by atoms with Crippen molar-refractivity contribution >= 4 is 10.0 Å². The van der Waals surface area contributed by atoms with Crippen LogP contribution in [-0.4, -0.2) is 15.0 Å². The molecule has 0 spiro atoms. The van der Waals surface area contributed by atoms with Crippen molar-refractivity contribution in [1.82, 2.24) is 4.72 Å². The second-order valence-corrected chi connectivity index (χ2v) is 5.64. The summed E-state index contributed by atoms with van der Waals surface area (Å²) in [5.41, 5.74) is 1.04. The lowest BCUT2D eigenvalue weighted by Gasteiger charge is -2.09. The number of nitrogens with one attached hydrogen (secondary N) is 1. The maximum absolute atomic E-state index is 11.8. The van der Waals surface area contributed by atoms with Crippen LogP contribution in [0.5, 0.6) is 0 Å². The van der Waals surface area contributed by atoms with Crippen molar-refractivity contribution in [3.8, 4) is 0 Å². The van der Waals surface area contributed by atoms with Crippen molar-refractivity contribution in [2.24, 2.45) is 5.92 Å². The van der Waals surface area contributed by atoms with Gasteiger partial charge in [-0.25, -0.2) is 13.1 Å². The van der Waals surface area contributed by atoms with E-state index >= 15 is 0 Å². The molecule has 16 heavy (non-hydrogen) atoms. The maximum Gasteiger partial charge on any atom is 0.240 e. The molecule has 0 unspecified atom stereocenters. The highest BCUT2D eigenvalue weighted by Crippen LogP contribution is 2.10. The Labute approximate surface area is 97.2 Å². The highest BCUT2D eigenvalue weighted by atomic mass is 32.2. The lowest BCUT2D eigenvalue weighted by Crippen LogP contribution is -2.27. The minimum absolute atomic E-state index is 0.125. The molecule has 1 N–H and O–H groups in total. The van der Waals surface area contributed by atoms with Gasteiger partial charge in [-0.3, -0.25) is 0 Å². The molecule has 0 aliphatic heterocycles. The Hall–Kier alpha value is -1.13. The molecule has 0 bridgehead atoms. The fraction of sp³-hybridized carbons (Fsp3) is 0.333. The van der Waals surface area contributed by atoms with Crippen LogP contribution in [0.4, 0.5) is 0 Å². The zero-order valence-electron chi connectivity index (χ0n) is 9.60. The molecule has 0 saturated heterocycles. The summed E-state index contributed by atoms with van der Waals surface area (Å²) in [5, 5.41) is 0. The van der Waals surface area contributed by atoms with Gasteiger partial charge in [0, 0.05) is 6.54 Å². The van der Waals surface area contributed by atoms with Gasteiger partial charge in [-0.05, 0) is 25.0 Å². The fourth-order valence-corrected chi connectivity index (χ4v) is 2.27. The second-order valence-electron chi connectivity index (χ2n) is 3.88. The smallest absolute Gasteiger partial charge is 0.211 e. The van der Waals surface area contributed by atoms with E-state index in [-0.39, 0.29) is 5.92 Å². The number of benzene rings is 1. The van der Waals surface area contributed by atoms with Crippen molar-refractivity contribution < 1.29 is 8.42 Å². The number of sulfonamides is 1. The van der Waals surface area contributed by atoms with Gasteiger partial charge in [-0.15, -0.1) is 6.58 Å². The van der Waals surface area contributed by atoms with Crippen LogP contribution in [0.15, 0.2) is 41.8 Å². The van der Waals surface area contributed by atoms with Crippen LogP contribution < -0.4 is 4.72 Å². The Morgan fingerprint density at radius 3 is 2.44 bits per heavy atom. The molecule has 0 fully saturated rings. The Balaban J connectivity index is 2.78. The van der Waals surface area contributed by atoms with E-state index < -0.39 is 10.0 Å². The molecular formula is C12H17NO2S. The number of hydrogen-bond donors (Lipinski definition) is 1. The van der Waals surface area contributed by atoms with Crippen molar-refractivity contribution in [3.63, 3.8) is 0 Å². The van der Waals surface area contributed by atoms with Crippen molar-refractivity contribution in [2.75, 3.05) is 6.54 Å². The molecule has 1 aromatic rings. The molecule has 4 heteroatoms. The van der Waals surface area contributed by atoms with Gasteiger partial charge >= 0.3 is 0 Å². The maximum atomic E-state index is 11.8. The summed E-state index contributed by atoms with van der Waals surface area (Å²) in [6.45, 7) is 7.81. The van der Waals surface area contributed by atoms with E-state index in [0.717, 1.165) is 5.56 Å². The first-order valence-corrected chi connectivity index (χ1v) is 6.63. The van der Waals surface area contributed by atoms with Gasteiger partial charge in [0.05, 0.1) is 4.90 Å². The van der Waals surface area contributed by atoms with Crippen LogP contribution in [0.2, 0.25) is 0 Å². The van der Waals surface area contributed by atoms with Crippen LogP contribution in [0.25, 0.3) is 0 Å². The predicted molar refractivity (Wildman–Crippen MR) is 65.7 cm³/mol. The van der Waals surface area contributed by atoms with E-state index in [9.17, 15) is 8.42 Å². The molecule has 1 aromatic carbocycles. The van der Waals surface area contributed by atoms with Gasteiger partial charge in [0.1, 0.15) is 0 Å². The Morgan fingerprint density at radius 1 is 1.38 bits per heavy atom. The molecule has 0 radical (unpaired) electrons. The highest BCUT2D eigenvalue weighted by molar-refractivity contribution is 7.89. The van der Waals surface area contributed by atoms with E-state index in [2.05, 4.69) is 11.3 Å². The normalized spacial score (nSPS) is 13.4. The Bertz CT molecular complexity index is 448. The number of rotatable bonds is 5. The summed E-state index contributed by atoms with van der Waals surface area (Å²) >= 11 is 0. The molecule has 0 aromatic heterocycles. The molecule has 1 atom stereocenters. The molecule has 1 rings (SSSR count). The number of aryl methyl sites for hydroxylation is 1. The molecule has 3 nitrogen and oxygen atoms in total. The van der Waals surface area contributed by atoms with Crippen molar-refractivity contribution in [2.45, 2.75) is 18.7 Å². The van der Waals surface area contributed by atoms with Gasteiger partial charge < -0.3 is 0 Å². The van der Waals surface area contributed by atoms with E-state index in [4.69, 9.17) is 0 Å². The standard InChI is InChI=1S/C12H17NO2S/c1-4-10(2)9-13-16(14,15)12-7-5-11(3)6-8-12/h4-8,10,13H,1,9H2,2-3H3/t10-/m1/s1. The molecule has 0 amide bonds. The zero-order chi connectivity index (χ0) is 12.2. The third-order valence-electron chi connectivity index (χ3n) is 2.33. The topological polar surface area (TPSA) is 46.2 Å². The molecule has 0 aliphatic rings. The minimum atomic E-state index is -3.38. The first-order chi connectivity index (χ1) is 7.45. The molecule has 0 saturated carbocycles. The quantitative estimate of drug-likeness (QED) is 0.800. The van der Waals surface area contributed by atoms with E-state index in [0.29, 0.717) is 11.4 Å². The summed E-state index contributed by atoms with van der Waals surface area (Å²) in [5.74, 6) is 0.125. The molecular weight excluding hydrogens is 222 g/mol. The largest absolute Gasteiger partial charge is 0.240 e. The first kappa shape index (κ1) is 12.9. The summed E-state index contributed by atoms with van der Waals surface area (Å²) in [6, 6.07) is 6.78. The van der Waals surface area contributed by atoms with Crippen LogP contribution in [0, 0.1) is 12.8 Å². The van der Waals surface area contributed by atoms with Gasteiger partial charge in [-0.1, -0.05) is 30.7 Å². The third-order valence-corrected chi connectivity index (χ3v) is 3.77. The van der Waals surface area contributed by atoms with Gasteiger partial charge in [0.25, 0.3) is 0 Å². The SMILES string of the molecule is C=C[C@@H](C)CNS(=O)(=O)c1ccc(C)cc1. The van der Waals surface area contributed by atoms with Crippen LogP contribution in [-0.2, 0) is 10.0 Å². The van der Waals surface area contributed by atoms with Crippen LogP contribution in [0.1, 0.15) is 12.5 Å². The molecule has 0 aliphatic carbocycles. The van der Waals surface area contributed by atoms with Crippen molar-refractivity contribution in [3.05, 3.63) is 42.5 Å². The van der Waals surface area contributed by atoms with E-state index in [1.807, 2.05) is 13.8 Å². The lowest BCUT2D eigenvalue weighted by atomic mass is 10.2. The Kier molecular flexibility index (Phi) is 4.26. The average molecular weight is 239 g/mol. The van der Waals surface area contributed by atoms with Crippen LogP contribution >= 0.6 is 0 Å². The van der Waals surface area contributed by atoms with Gasteiger partial charge in [-0.2, -0.15) is 0 Å². The summed E-state index contributed by atoms with van der Waals surface area (Å²) in [7, 11) is -3.38. The third kappa shape index (κ3) is 3.47. The summed E-state index contributed by atoms with van der Waals surface area (Å²) in [4.78, 5) is 0.300. The summed E-state index contributed by atoms with van der Waals surface area (Å²) < 4.78 is 26.2. The van der Waals surface area contributed by atoms with Crippen molar-refractivity contribution in [1.29, 1.82) is 0 Å². The molecule has 88 valence electrons. The predicted octanol–water partition coefficient (Wildman–Crippen LogP) is 2.10. The molecule has 0 heterocycles. The number of hydrogen-bond acceptors (Lipinski definition) is 2. The Morgan fingerprint density at radius 2 is 1.94 bits per heavy atom. The monoisotopic (exact) mass is 239 g/mol. The average Bonchev–Trinajstić information content (AvgIpc) is 2.26. The fourth-order valence-electron chi connectivity index (χ4n) is 1.13. The van der Waals surface area contributed by atoms with E-state index in [1.165, 1.54) is 0 Å². The van der Waals surface area contributed by atoms with Gasteiger partial charge in [0.15, 0.2) is 0 Å². The first-order valence-electron chi connectivity index (χ1n) is 5.14. The van der Waals surface area contributed by atoms with Gasteiger partial charge in [0.2, 0.25) is 10.0 Å². The lowest BCUT2D eigenvalue weighted by molar-refractivity contribution is 0.571. The highest BCUT2D eigenvalue weighted by Gasteiger charge is 2.13. The second kappa shape index (κ2) is 5.27.